The molecule has 4 heteroatoms. The molecule has 0 aromatic rings. The van der Waals surface area contributed by atoms with Gasteiger partial charge in [0.25, 0.3) is 0 Å². The molecule has 0 radical (unpaired) electrons. The summed E-state index contributed by atoms with van der Waals surface area (Å²) in [6.07, 6.45) is 2.19. The minimum atomic E-state index is -0.0388. The normalized spacial score (nSPS) is 23.5. The summed E-state index contributed by atoms with van der Waals surface area (Å²) in [5, 5.41) is 6.47. The fourth-order valence-corrected chi connectivity index (χ4v) is 1.90. The van der Waals surface area contributed by atoms with Crippen molar-refractivity contribution >= 4 is 5.91 Å². The number of nitrogens with zero attached hydrogens (tertiary/aromatic N) is 1. The third-order valence-corrected chi connectivity index (χ3v) is 3.05. The van der Waals surface area contributed by atoms with E-state index in [4.69, 9.17) is 0 Å². The second kappa shape index (κ2) is 6.08. The molecule has 1 heterocycles. The Labute approximate surface area is 92.4 Å². The average Bonchev–Trinajstić information content (AvgIpc) is 2.28. The topological polar surface area (TPSA) is 44.4 Å². The average molecular weight is 213 g/mol. The van der Waals surface area contributed by atoms with E-state index in [9.17, 15) is 4.79 Å². The molecule has 0 aliphatic carbocycles. The van der Waals surface area contributed by atoms with Gasteiger partial charge in [-0.1, -0.05) is 13.3 Å². The van der Waals surface area contributed by atoms with E-state index in [1.807, 2.05) is 11.9 Å². The Bertz CT molecular complexity index is 202. The molecule has 1 fully saturated rings. The van der Waals surface area contributed by atoms with Gasteiger partial charge in [-0.25, -0.2) is 0 Å². The van der Waals surface area contributed by atoms with E-state index in [2.05, 4.69) is 24.5 Å². The molecule has 0 spiro atoms. The first-order valence-corrected chi connectivity index (χ1v) is 5.87. The van der Waals surface area contributed by atoms with Gasteiger partial charge in [-0.15, -0.1) is 0 Å². The van der Waals surface area contributed by atoms with Crippen molar-refractivity contribution in [3.8, 4) is 0 Å². The fourth-order valence-electron chi connectivity index (χ4n) is 1.90. The van der Waals surface area contributed by atoms with E-state index in [1.165, 1.54) is 0 Å². The van der Waals surface area contributed by atoms with Crippen molar-refractivity contribution < 1.29 is 4.79 Å². The first-order valence-electron chi connectivity index (χ1n) is 5.87. The van der Waals surface area contributed by atoms with Crippen molar-refractivity contribution in [2.45, 2.75) is 38.8 Å². The lowest BCUT2D eigenvalue weighted by molar-refractivity contribution is -0.134. The minimum absolute atomic E-state index is 0.0388. The van der Waals surface area contributed by atoms with Gasteiger partial charge < -0.3 is 15.5 Å². The number of carbonyl (C=O) groups excluding carboxylic acids is 1. The van der Waals surface area contributed by atoms with Crippen molar-refractivity contribution in [1.29, 1.82) is 0 Å². The van der Waals surface area contributed by atoms with Crippen molar-refractivity contribution in [3.05, 3.63) is 0 Å². The van der Waals surface area contributed by atoms with Gasteiger partial charge in [-0.2, -0.15) is 0 Å². The summed E-state index contributed by atoms with van der Waals surface area (Å²) in [5.74, 6) is 0.211. The molecule has 0 bridgehead atoms. The smallest absolute Gasteiger partial charge is 0.241 e. The Morgan fingerprint density at radius 2 is 2.27 bits per heavy atom. The summed E-state index contributed by atoms with van der Waals surface area (Å²) in [6.45, 7) is 6.85. The van der Waals surface area contributed by atoms with Gasteiger partial charge in [0.15, 0.2) is 0 Å². The second-order valence-corrected chi connectivity index (χ2v) is 4.30. The van der Waals surface area contributed by atoms with Crippen LogP contribution in [-0.2, 0) is 4.79 Å². The van der Waals surface area contributed by atoms with Crippen LogP contribution in [0.1, 0.15) is 26.7 Å². The van der Waals surface area contributed by atoms with E-state index >= 15 is 0 Å². The van der Waals surface area contributed by atoms with Gasteiger partial charge in [0.05, 0.1) is 6.04 Å². The zero-order valence-corrected chi connectivity index (χ0v) is 10.0. The molecule has 15 heavy (non-hydrogen) atoms. The molecule has 1 rings (SSSR count). The number of carbonyl (C=O) groups is 1. The highest BCUT2D eigenvalue weighted by atomic mass is 16.2. The second-order valence-electron chi connectivity index (χ2n) is 4.30. The molecule has 0 aromatic heterocycles. The zero-order chi connectivity index (χ0) is 11.3. The van der Waals surface area contributed by atoms with E-state index in [-0.39, 0.29) is 11.9 Å². The summed E-state index contributed by atoms with van der Waals surface area (Å²) in [7, 11) is 1.90. The maximum Gasteiger partial charge on any atom is 0.241 e. The number of hydrogen-bond acceptors (Lipinski definition) is 3. The van der Waals surface area contributed by atoms with E-state index < -0.39 is 0 Å². The summed E-state index contributed by atoms with van der Waals surface area (Å²) < 4.78 is 0. The summed E-state index contributed by atoms with van der Waals surface area (Å²) in [4.78, 5) is 13.9. The molecule has 2 N–H and O–H groups in total. The van der Waals surface area contributed by atoms with Crippen molar-refractivity contribution in [2.24, 2.45) is 0 Å². The van der Waals surface area contributed by atoms with Gasteiger partial charge in [-0.3, -0.25) is 4.79 Å². The SMILES string of the molecule is CCCC(C)N(C)C(=O)C1CNCCN1. The first-order chi connectivity index (χ1) is 7.16. The first kappa shape index (κ1) is 12.5. The molecule has 2 unspecified atom stereocenters. The quantitative estimate of drug-likeness (QED) is 0.701. The Morgan fingerprint density at radius 3 is 2.80 bits per heavy atom. The molecule has 2 atom stereocenters. The third kappa shape index (κ3) is 3.47. The summed E-state index contributed by atoms with van der Waals surface area (Å²) in [5.41, 5.74) is 0. The lowest BCUT2D eigenvalue weighted by atomic mass is 10.1. The number of piperazine rings is 1. The van der Waals surface area contributed by atoms with E-state index in [1.54, 1.807) is 0 Å². The number of likely N-dealkylation sites (N-methyl/N-ethyl adjacent to an activating group) is 1. The van der Waals surface area contributed by atoms with Crippen LogP contribution in [0.3, 0.4) is 0 Å². The van der Waals surface area contributed by atoms with Gasteiger partial charge in [0.1, 0.15) is 0 Å². The maximum atomic E-state index is 12.0. The van der Waals surface area contributed by atoms with Crippen LogP contribution < -0.4 is 10.6 Å². The summed E-state index contributed by atoms with van der Waals surface area (Å²) in [6, 6.07) is 0.300. The highest BCUT2D eigenvalue weighted by Gasteiger charge is 2.25. The molecule has 4 nitrogen and oxygen atoms in total. The largest absolute Gasteiger partial charge is 0.342 e. The Morgan fingerprint density at radius 1 is 1.53 bits per heavy atom. The molecule has 1 amide bonds. The monoisotopic (exact) mass is 213 g/mol. The highest BCUT2D eigenvalue weighted by molar-refractivity contribution is 5.82. The molecular weight excluding hydrogens is 190 g/mol. The predicted octanol–water partition coefficient (Wildman–Crippen LogP) is 0.195. The fraction of sp³-hybridized carbons (Fsp3) is 0.909. The highest BCUT2D eigenvalue weighted by Crippen LogP contribution is 2.06. The number of hydrogen-bond donors (Lipinski definition) is 2. The third-order valence-electron chi connectivity index (χ3n) is 3.05. The molecule has 0 saturated carbocycles. The van der Waals surface area contributed by atoms with Crippen LogP contribution >= 0.6 is 0 Å². The molecular formula is C11H23N3O. The van der Waals surface area contributed by atoms with Crippen LogP contribution in [0, 0.1) is 0 Å². The molecule has 88 valence electrons. The van der Waals surface area contributed by atoms with Gasteiger partial charge >= 0.3 is 0 Å². The summed E-state index contributed by atoms with van der Waals surface area (Å²) >= 11 is 0. The van der Waals surface area contributed by atoms with Gasteiger partial charge in [0, 0.05) is 32.7 Å². The molecule has 1 saturated heterocycles. The van der Waals surface area contributed by atoms with Crippen molar-refractivity contribution in [1.82, 2.24) is 15.5 Å². The van der Waals surface area contributed by atoms with Crippen molar-refractivity contribution in [2.75, 3.05) is 26.7 Å². The van der Waals surface area contributed by atoms with Crippen LogP contribution in [0.4, 0.5) is 0 Å². The lowest BCUT2D eigenvalue weighted by Crippen LogP contribution is -2.57. The maximum absolute atomic E-state index is 12.0. The number of amides is 1. The molecule has 0 aromatic carbocycles. The van der Waals surface area contributed by atoms with Crippen LogP contribution in [0.2, 0.25) is 0 Å². The lowest BCUT2D eigenvalue weighted by Gasteiger charge is -2.31. The van der Waals surface area contributed by atoms with E-state index in [0.717, 1.165) is 32.5 Å². The number of rotatable bonds is 4. The van der Waals surface area contributed by atoms with Gasteiger partial charge in [0.2, 0.25) is 5.91 Å². The molecule has 1 aliphatic rings. The van der Waals surface area contributed by atoms with Gasteiger partial charge in [-0.05, 0) is 13.3 Å². The predicted molar refractivity (Wildman–Crippen MR) is 61.8 cm³/mol. The van der Waals surface area contributed by atoms with Crippen LogP contribution in [0.25, 0.3) is 0 Å². The van der Waals surface area contributed by atoms with Crippen LogP contribution in [0.5, 0.6) is 0 Å². The Balaban J connectivity index is 2.43. The Kier molecular flexibility index (Phi) is 5.05. The molecule has 1 aliphatic heterocycles. The standard InChI is InChI=1S/C11H23N3O/c1-4-5-9(2)14(3)11(15)10-8-12-6-7-13-10/h9-10,12-13H,4-8H2,1-3H3. The van der Waals surface area contributed by atoms with Crippen LogP contribution in [0.15, 0.2) is 0 Å². The van der Waals surface area contributed by atoms with Crippen molar-refractivity contribution in [3.63, 3.8) is 0 Å². The Hall–Kier alpha value is -0.610. The zero-order valence-electron chi connectivity index (χ0n) is 10.0. The van der Waals surface area contributed by atoms with E-state index in [0.29, 0.717) is 6.04 Å². The number of nitrogens with one attached hydrogen (secondary N) is 2. The van der Waals surface area contributed by atoms with Crippen LogP contribution in [-0.4, -0.2) is 49.6 Å². The minimum Gasteiger partial charge on any atom is -0.342 e.